The maximum atomic E-state index is 4.44. The Morgan fingerprint density at radius 1 is 1.04 bits per heavy atom. The van der Waals surface area contributed by atoms with E-state index in [9.17, 15) is 0 Å². The molecule has 0 saturated carbocycles. The number of benzene rings is 2. The number of aryl methyl sites for hydroxylation is 2. The maximum Gasteiger partial charge on any atom is 0.213 e. The zero-order valence-corrected chi connectivity index (χ0v) is 14.0. The van der Waals surface area contributed by atoms with Gasteiger partial charge in [-0.2, -0.15) is 5.10 Å². The first-order valence-electron chi connectivity index (χ1n) is 7.75. The number of hydrogen-bond donors (Lipinski definition) is 0. The first-order chi connectivity index (χ1) is 11.3. The van der Waals surface area contributed by atoms with Crippen molar-refractivity contribution < 1.29 is 0 Å². The molecule has 2 aromatic heterocycles. The van der Waals surface area contributed by atoms with Crippen LogP contribution in [-0.2, 0) is 6.42 Å². The minimum Gasteiger partial charge on any atom is -0.206 e. The van der Waals surface area contributed by atoms with Gasteiger partial charge in [-0.1, -0.05) is 72.4 Å². The van der Waals surface area contributed by atoms with Crippen molar-refractivity contribution in [1.29, 1.82) is 0 Å². The molecule has 3 nitrogen and oxygen atoms in total. The first-order valence-corrected chi connectivity index (χ1v) is 8.57. The van der Waals surface area contributed by atoms with Crippen molar-refractivity contribution in [1.82, 2.24) is 14.6 Å². The molecule has 0 atom stereocenters. The van der Waals surface area contributed by atoms with E-state index in [4.69, 9.17) is 0 Å². The summed E-state index contributed by atoms with van der Waals surface area (Å²) in [5, 5.41) is 4.44. The molecule has 23 heavy (non-hydrogen) atoms. The lowest BCUT2D eigenvalue weighted by molar-refractivity contribution is 0.984. The summed E-state index contributed by atoms with van der Waals surface area (Å²) in [6.45, 7) is 4.30. The van der Waals surface area contributed by atoms with Crippen molar-refractivity contribution in [2.75, 3.05) is 0 Å². The molecule has 4 rings (SSSR count). The number of fused-ring (bicyclic) bond motifs is 1. The standard InChI is InChI=1S/C19H17N3S/c1-3-14-6-4-5-7-16(14)18-17(15-10-8-13(2)9-11-15)22-19(23-18)20-12-21-22/h4-12H,3H2,1-2H3. The fourth-order valence-corrected chi connectivity index (χ4v) is 4.00. The Bertz CT molecular complexity index is 964. The second kappa shape index (κ2) is 5.63. The lowest BCUT2D eigenvalue weighted by Gasteiger charge is -2.09. The molecule has 0 radical (unpaired) electrons. The van der Waals surface area contributed by atoms with Gasteiger partial charge in [-0.3, -0.25) is 0 Å². The maximum absolute atomic E-state index is 4.44. The van der Waals surface area contributed by atoms with Crippen LogP contribution in [0.5, 0.6) is 0 Å². The molecule has 0 fully saturated rings. The van der Waals surface area contributed by atoms with Gasteiger partial charge in [0.05, 0.1) is 10.6 Å². The van der Waals surface area contributed by atoms with E-state index in [1.807, 2.05) is 4.52 Å². The second-order valence-corrected chi connectivity index (χ2v) is 6.59. The number of thiazole rings is 1. The van der Waals surface area contributed by atoms with E-state index >= 15 is 0 Å². The highest BCUT2D eigenvalue weighted by Crippen LogP contribution is 2.40. The van der Waals surface area contributed by atoms with Gasteiger partial charge in [-0.25, -0.2) is 9.50 Å². The summed E-state index contributed by atoms with van der Waals surface area (Å²) in [5.41, 5.74) is 6.19. The molecular weight excluding hydrogens is 302 g/mol. The summed E-state index contributed by atoms with van der Waals surface area (Å²) in [7, 11) is 0. The third-order valence-corrected chi connectivity index (χ3v) is 5.18. The van der Waals surface area contributed by atoms with E-state index in [0.29, 0.717) is 0 Å². The fourth-order valence-electron chi connectivity index (χ4n) is 2.89. The van der Waals surface area contributed by atoms with E-state index in [2.05, 4.69) is 72.5 Å². The topological polar surface area (TPSA) is 30.2 Å². The van der Waals surface area contributed by atoms with E-state index in [0.717, 1.165) is 17.1 Å². The van der Waals surface area contributed by atoms with Crippen molar-refractivity contribution in [2.24, 2.45) is 0 Å². The molecule has 2 aromatic carbocycles. The Balaban J connectivity index is 2.02. The number of nitrogens with zero attached hydrogens (tertiary/aromatic N) is 3. The van der Waals surface area contributed by atoms with Crippen molar-refractivity contribution in [3.05, 3.63) is 66.0 Å². The normalized spacial score (nSPS) is 11.2. The van der Waals surface area contributed by atoms with Crippen LogP contribution in [0.2, 0.25) is 0 Å². The fraction of sp³-hybridized carbons (Fsp3) is 0.158. The molecule has 0 aliphatic heterocycles. The summed E-state index contributed by atoms with van der Waals surface area (Å²) in [6.07, 6.45) is 2.64. The van der Waals surface area contributed by atoms with Gasteiger partial charge in [0.15, 0.2) is 0 Å². The van der Waals surface area contributed by atoms with E-state index in [-0.39, 0.29) is 0 Å². The van der Waals surface area contributed by atoms with Gasteiger partial charge in [0, 0.05) is 5.56 Å². The zero-order valence-electron chi connectivity index (χ0n) is 13.2. The highest BCUT2D eigenvalue weighted by molar-refractivity contribution is 7.20. The Kier molecular flexibility index (Phi) is 3.46. The van der Waals surface area contributed by atoms with E-state index in [1.165, 1.54) is 27.1 Å². The molecule has 0 saturated heterocycles. The quantitative estimate of drug-likeness (QED) is 0.532. The Labute approximate surface area is 139 Å². The van der Waals surface area contributed by atoms with Gasteiger partial charge < -0.3 is 0 Å². The van der Waals surface area contributed by atoms with Crippen LogP contribution in [0, 0.1) is 6.92 Å². The average molecular weight is 319 g/mol. The lowest BCUT2D eigenvalue weighted by Crippen LogP contribution is -1.92. The zero-order chi connectivity index (χ0) is 15.8. The highest BCUT2D eigenvalue weighted by atomic mass is 32.1. The van der Waals surface area contributed by atoms with Crippen molar-refractivity contribution in [3.8, 4) is 21.7 Å². The SMILES string of the molecule is CCc1ccccc1-c1sc2ncnn2c1-c1ccc(C)cc1. The summed E-state index contributed by atoms with van der Waals surface area (Å²) < 4.78 is 1.96. The van der Waals surface area contributed by atoms with Gasteiger partial charge in [-0.05, 0) is 24.5 Å². The van der Waals surface area contributed by atoms with Crippen LogP contribution in [0.4, 0.5) is 0 Å². The molecule has 0 N–H and O–H groups in total. The van der Waals surface area contributed by atoms with Crippen molar-refractivity contribution in [3.63, 3.8) is 0 Å². The second-order valence-electron chi connectivity index (χ2n) is 5.61. The van der Waals surface area contributed by atoms with Gasteiger partial charge in [-0.15, -0.1) is 0 Å². The molecule has 0 bridgehead atoms. The van der Waals surface area contributed by atoms with Gasteiger partial charge in [0.2, 0.25) is 4.96 Å². The predicted molar refractivity (Wildman–Crippen MR) is 95.9 cm³/mol. The number of rotatable bonds is 3. The number of hydrogen-bond acceptors (Lipinski definition) is 3. The summed E-state index contributed by atoms with van der Waals surface area (Å²) >= 11 is 1.70. The van der Waals surface area contributed by atoms with Crippen molar-refractivity contribution in [2.45, 2.75) is 20.3 Å². The summed E-state index contributed by atoms with van der Waals surface area (Å²) in [5.74, 6) is 0. The van der Waals surface area contributed by atoms with Crippen LogP contribution in [0.25, 0.3) is 26.7 Å². The molecule has 4 aromatic rings. The largest absolute Gasteiger partial charge is 0.213 e. The highest BCUT2D eigenvalue weighted by Gasteiger charge is 2.18. The van der Waals surface area contributed by atoms with Crippen LogP contribution < -0.4 is 0 Å². The van der Waals surface area contributed by atoms with Crippen LogP contribution in [0.15, 0.2) is 54.9 Å². The Morgan fingerprint density at radius 3 is 2.61 bits per heavy atom. The smallest absolute Gasteiger partial charge is 0.206 e. The summed E-state index contributed by atoms with van der Waals surface area (Å²) in [4.78, 5) is 6.56. The van der Waals surface area contributed by atoms with Crippen LogP contribution in [0.3, 0.4) is 0 Å². The average Bonchev–Trinajstić information content (AvgIpc) is 3.16. The molecule has 114 valence electrons. The monoisotopic (exact) mass is 319 g/mol. The first kappa shape index (κ1) is 14.2. The van der Waals surface area contributed by atoms with Crippen molar-refractivity contribution >= 4 is 16.3 Å². The van der Waals surface area contributed by atoms with Crippen LogP contribution in [0.1, 0.15) is 18.1 Å². The molecule has 0 unspecified atom stereocenters. The van der Waals surface area contributed by atoms with E-state index < -0.39 is 0 Å². The lowest BCUT2D eigenvalue weighted by atomic mass is 10.0. The number of aromatic nitrogens is 3. The Morgan fingerprint density at radius 2 is 1.83 bits per heavy atom. The minimum atomic E-state index is 0.932. The Hall–Kier alpha value is -2.46. The molecule has 0 aliphatic carbocycles. The molecule has 0 aliphatic rings. The minimum absolute atomic E-state index is 0.932. The van der Waals surface area contributed by atoms with Gasteiger partial charge >= 0.3 is 0 Å². The predicted octanol–water partition coefficient (Wildman–Crippen LogP) is 5.00. The van der Waals surface area contributed by atoms with Gasteiger partial charge in [0.1, 0.15) is 6.33 Å². The van der Waals surface area contributed by atoms with E-state index in [1.54, 1.807) is 17.7 Å². The van der Waals surface area contributed by atoms with Crippen LogP contribution in [-0.4, -0.2) is 14.6 Å². The molecule has 4 heteroatoms. The molecular formula is C19H17N3S. The third-order valence-electron chi connectivity index (χ3n) is 4.10. The molecule has 2 heterocycles. The summed E-state index contributed by atoms with van der Waals surface area (Å²) in [6, 6.07) is 17.2. The molecule has 0 amide bonds. The molecule has 0 spiro atoms. The van der Waals surface area contributed by atoms with Gasteiger partial charge in [0.25, 0.3) is 0 Å². The third kappa shape index (κ3) is 2.35. The van der Waals surface area contributed by atoms with Crippen LogP contribution >= 0.6 is 11.3 Å².